The van der Waals surface area contributed by atoms with Crippen molar-refractivity contribution in [1.82, 2.24) is 19.4 Å². The van der Waals surface area contributed by atoms with E-state index in [4.69, 9.17) is 6.57 Å². The van der Waals surface area contributed by atoms with Crippen molar-refractivity contribution in [2.24, 2.45) is 0 Å². The minimum absolute atomic E-state index is 0.0225. The number of anilines is 1. The molecule has 11 nitrogen and oxygen atoms in total. The number of aromatic nitrogens is 3. The van der Waals surface area contributed by atoms with Gasteiger partial charge in [-0.2, -0.15) is 4.98 Å². The van der Waals surface area contributed by atoms with Crippen LogP contribution < -0.4 is 10.6 Å². The SMILES string of the molecule is [C-]#[N+]CC1CN(c2nc(=O)n(Cc3c(C)cccc3S(C)(=O)=O)c3nc(-c4c(O)cccc4F)c(F)cc23)CCN1C(=O)C=C. The number of carbonyl (C=O) groups excluding carboxylic acids is 1. The Labute approximate surface area is 257 Å². The number of hydrogen-bond donors (Lipinski definition) is 1. The Hall–Kier alpha value is -5.16. The first-order valence-electron chi connectivity index (χ1n) is 13.7. The molecule has 4 aromatic rings. The molecule has 1 unspecified atom stereocenters. The number of halogens is 2. The van der Waals surface area contributed by atoms with E-state index in [-0.39, 0.29) is 65.9 Å². The van der Waals surface area contributed by atoms with Gasteiger partial charge in [0, 0.05) is 25.9 Å². The van der Waals surface area contributed by atoms with Crippen molar-refractivity contribution in [3.05, 3.63) is 99.8 Å². The zero-order valence-corrected chi connectivity index (χ0v) is 25.2. The van der Waals surface area contributed by atoms with Gasteiger partial charge < -0.3 is 19.8 Å². The van der Waals surface area contributed by atoms with Gasteiger partial charge in [-0.05, 0) is 48.4 Å². The summed E-state index contributed by atoms with van der Waals surface area (Å²) in [5.41, 5.74) is -1.24. The lowest BCUT2D eigenvalue weighted by atomic mass is 10.1. The van der Waals surface area contributed by atoms with Crippen molar-refractivity contribution >= 4 is 32.6 Å². The maximum atomic E-state index is 15.8. The molecule has 1 fully saturated rings. The van der Waals surface area contributed by atoms with Crippen LogP contribution in [0.4, 0.5) is 14.6 Å². The van der Waals surface area contributed by atoms with Crippen LogP contribution in [0.15, 0.2) is 64.8 Å². The fraction of sp³-hybridized carbons (Fsp3) is 0.258. The number of aromatic hydroxyl groups is 1. The van der Waals surface area contributed by atoms with Gasteiger partial charge >= 0.3 is 5.69 Å². The van der Waals surface area contributed by atoms with Gasteiger partial charge in [0.25, 0.3) is 0 Å². The van der Waals surface area contributed by atoms with Crippen molar-refractivity contribution in [3.8, 4) is 17.0 Å². The summed E-state index contributed by atoms with van der Waals surface area (Å²) >= 11 is 0. The number of hydrogen-bond acceptors (Lipinski definition) is 8. The van der Waals surface area contributed by atoms with E-state index in [0.717, 1.165) is 29.0 Å². The molecule has 5 rings (SSSR count). The molecule has 1 N–H and O–H groups in total. The molecule has 0 aliphatic carbocycles. The molecule has 0 spiro atoms. The molecule has 3 heterocycles. The van der Waals surface area contributed by atoms with E-state index in [1.807, 2.05) is 0 Å². The van der Waals surface area contributed by atoms with E-state index in [9.17, 15) is 27.5 Å². The summed E-state index contributed by atoms with van der Waals surface area (Å²) < 4.78 is 57.1. The van der Waals surface area contributed by atoms with E-state index >= 15 is 4.39 Å². The zero-order valence-electron chi connectivity index (χ0n) is 24.4. The van der Waals surface area contributed by atoms with Crippen LogP contribution in [0, 0.1) is 25.1 Å². The third-order valence-corrected chi connectivity index (χ3v) is 8.92. The molecule has 1 atom stereocenters. The van der Waals surface area contributed by atoms with Crippen molar-refractivity contribution in [2.45, 2.75) is 24.4 Å². The Morgan fingerprint density at radius 3 is 2.58 bits per heavy atom. The second kappa shape index (κ2) is 12.1. The van der Waals surface area contributed by atoms with Crippen molar-refractivity contribution in [2.75, 3.05) is 37.3 Å². The quantitative estimate of drug-likeness (QED) is 0.242. The molecule has 0 bridgehead atoms. The minimum atomic E-state index is -3.73. The van der Waals surface area contributed by atoms with E-state index in [1.165, 1.54) is 23.1 Å². The summed E-state index contributed by atoms with van der Waals surface area (Å²) in [4.78, 5) is 41.4. The number of benzene rings is 2. The van der Waals surface area contributed by atoms with Crippen LogP contribution in [0.5, 0.6) is 5.75 Å². The molecule has 2 aromatic carbocycles. The van der Waals surface area contributed by atoms with Gasteiger partial charge in [-0.15, -0.1) is 0 Å². The predicted octanol–water partition coefficient (Wildman–Crippen LogP) is 3.33. The fourth-order valence-corrected chi connectivity index (χ4v) is 6.56. The number of rotatable bonds is 7. The maximum absolute atomic E-state index is 15.8. The average molecular weight is 635 g/mol. The van der Waals surface area contributed by atoms with Gasteiger partial charge in [0.1, 0.15) is 34.8 Å². The molecular formula is C31H28F2N6O5S. The highest BCUT2D eigenvalue weighted by atomic mass is 32.2. The van der Waals surface area contributed by atoms with Gasteiger partial charge in [-0.1, -0.05) is 24.8 Å². The first-order chi connectivity index (χ1) is 21.3. The number of amides is 1. The number of aryl methyl sites for hydroxylation is 1. The first-order valence-corrected chi connectivity index (χ1v) is 15.6. The van der Waals surface area contributed by atoms with Gasteiger partial charge in [0.2, 0.25) is 12.5 Å². The van der Waals surface area contributed by atoms with Gasteiger partial charge in [-0.3, -0.25) is 9.36 Å². The van der Waals surface area contributed by atoms with Gasteiger partial charge in [-0.25, -0.2) is 33.5 Å². The van der Waals surface area contributed by atoms with E-state index in [1.54, 1.807) is 24.0 Å². The minimum Gasteiger partial charge on any atom is -0.507 e. The van der Waals surface area contributed by atoms with Crippen LogP contribution in [0.25, 0.3) is 27.1 Å². The number of fused-ring (bicyclic) bond motifs is 1. The smallest absolute Gasteiger partial charge is 0.351 e. The summed E-state index contributed by atoms with van der Waals surface area (Å²) in [6.07, 6.45) is 2.19. The molecule has 1 aliphatic heterocycles. The Balaban J connectivity index is 1.77. The average Bonchev–Trinajstić information content (AvgIpc) is 2.98. The highest BCUT2D eigenvalue weighted by Crippen LogP contribution is 2.35. The molecule has 0 radical (unpaired) electrons. The first kappa shape index (κ1) is 31.3. The highest BCUT2D eigenvalue weighted by Gasteiger charge is 2.34. The van der Waals surface area contributed by atoms with Crippen molar-refractivity contribution < 1.29 is 27.1 Å². The fourth-order valence-electron chi connectivity index (χ4n) is 5.56. The number of pyridine rings is 1. The Kier molecular flexibility index (Phi) is 8.40. The third kappa shape index (κ3) is 5.86. The largest absolute Gasteiger partial charge is 0.507 e. The molecule has 0 saturated carbocycles. The number of piperazine rings is 1. The summed E-state index contributed by atoms with van der Waals surface area (Å²) in [6.45, 7) is 12.6. The van der Waals surface area contributed by atoms with E-state index in [2.05, 4.69) is 21.4 Å². The van der Waals surface area contributed by atoms with Crippen LogP contribution in [0.2, 0.25) is 0 Å². The Morgan fingerprint density at radius 1 is 1.18 bits per heavy atom. The van der Waals surface area contributed by atoms with Gasteiger partial charge in [0.15, 0.2) is 15.7 Å². The summed E-state index contributed by atoms with van der Waals surface area (Å²) in [5.74, 6) is -2.88. The van der Waals surface area contributed by atoms with Crippen molar-refractivity contribution in [3.63, 3.8) is 0 Å². The lowest BCUT2D eigenvalue weighted by molar-refractivity contribution is -0.128. The second-order valence-electron chi connectivity index (χ2n) is 10.6. The highest BCUT2D eigenvalue weighted by molar-refractivity contribution is 7.90. The molecule has 1 aliphatic rings. The summed E-state index contributed by atoms with van der Waals surface area (Å²) in [7, 11) is -3.73. The second-order valence-corrected chi connectivity index (χ2v) is 12.6. The van der Waals surface area contributed by atoms with Crippen molar-refractivity contribution in [1.29, 1.82) is 0 Å². The topological polar surface area (TPSA) is 130 Å². The number of nitrogens with zero attached hydrogens (tertiary/aromatic N) is 6. The maximum Gasteiger partial charge on any atom is 0.351 e. The van der Waals surface area contributed by atoms with Crippen LogP contribution in [-0.4, -0.2) is 77.3 Å². The summed E-state index contributed by atoms with van der Waals surface area (Å²) in [5, 5.41) is 10.5. The Bertz CT molecular complexity index is 2060. The van der Waals surface area contributed by atoms with Crippen LogP contribution in [0.3, 0.4) is 0 Å². The molecule has 232 valence electrons. The van der Waals surface area contributed by atoms with Crippen LogP contribution in [0.1, 0.15) is 11.1 Å². The molecule has 1 saturated heterocycles. The van der Waals surface area contributed by atoms with E-state index in [0.29, 0.717) is 5.56 Å². The normalized spacial score (nSPS) is 15.2. The lowest BCUT2D eigenvalue weighted by Gasteiger charge is -2.39. The molecule has 45 heavy (non-hydrogen) atoms. The number of carbonyl (C=O) groups is 1. The molecule has 2 aromatic heterocycles. The molecular weight excluding hydrogens is 606 g/mol. The number of phenols is 1. The number of phenolic OH excluding ortho intramolecular Hbond substituents is 1. The van der Waals surface area contributed by atoms with Gasteiger partial charge in [0.05, 0.1) is 22.4 Å². The standard InChI is InChI=1S/C31H28F2N6O5S/c1-5-26(41)38-13-12-37(16-19(38)15-34-3)29-20-14-23(33)28(27-22(32)9-7-10-24(27)40)35-30(20)39(31(42)36-29)17-21-18(2)8-6-11-25(21)45(4,43)44/h5-11,14,19,40H,1,12-13,15-17H2,2,4H3. The summed E-state index contributed by atoms with van der Waals surface area (Å²) in [6, 6.07) is 8.54. The lowest BCUT2D eigenvalue weighted by Crippen LogP contribution is -2.56. The molecule has 1 amide bonds. The van der Waals surface area contributed by atoms with Crippen LogP contribution >= 0.6 is 0 Å². The number of sulfone groups is 1. The van der Waals surface area contributed by atoms with E-state index < -0.39 is 50.2 Å². The third-order valence-electron chi connectivity index (χ3n) is 7.74. The van der Waals surface area contributed by atoms with Crippen LogP contribution in [-0.2, 0) is 21.2 Å². The monoisotopic (exact) mass is 634 g/mol. The Morgan fingerprint density at radius 2 is 1.91 bits per heavy atom. The molecule has 14 heteroatoms. The zero-order chi connectivity index (χ0) is 32.6. The predicted molar refractivity (Wildman–Crippen MR) is 164 cm³/mol.